The van der Waals surface area contributed by atoms with Crippen molar-refractivity contribution in [2.45, 2.75) is 31.3 Å². The van der Waals surface area contributed by atoms with E-state index >= 15 is 0 Å². The molecule has 1 atom stereocenters. The molecule has 0 spiro atoms. The lowest BCUT2D eigenvalue weighted by molar-refractivity contribution is -0.133. The number of rotatable bonds is 10. The first kappa shape index (κ1) is 25.6. The van der Waals surface area contributed by atoms with Gasteiger partial charge in [-0.05, 0) is 61.0 Å². The lowest BCUT2D eigenvalue weighted by Gasteiger charge is -2.28. The average molecular weight is 526 g/mol. The number of sulfonamides is 1. The summed E-state index contributed by atoms with van der Waals surface area (Å²) < 4.78 is 35.4. The van der Waals surface area contributed by atoms with Crippen molar-refractivity contribution >= 4 is 38.2 Å². The van der Waals surface area contributed by atoms with Gasteiger partial charge in [0.25, 0.3) is 0 Å². The van der Waals surface area contributed by atoms with Gasteiger partial charge in [-0.2, -0.15) is 4.72 Å². The maximum atomic E-state index is 13.8. The van der Waals surface area contributed by atoms with Gasteiger partial charge in [-0.15, -0.1) is 11.3 Å². The average Bonchev–Trinajstić information content (AvgIpc) is 3.39. The number of nitrogens with zero attached hydrogens (tertiary/aromatic N) is 1. The van der Waals surface area contributed by atoms with Gasteiger partial charge in [-0.25, -0.2) is 8.42 Å². The Morgan fingerprint density at radius 1 is 1.08 bits per heavy atom. The number of pyridine rings is 1. The summed E-state index contributed by atoms with van der Waals surface area (Å²) in [7, 11) is -4.13. The van der Waals surface area contributed by atoms with Gasteiger partial charge in [0.05, 0.1) is 18.0 Å². The van der Waals surface area contributed by atoms with Crippen LogP contribution in [0.2, 0.25) is 0 Å². The van der Waals surface area contributed by atoms with Gasteiger partial charge < -0.3 is 14.6 Å². The maximum Gasteiger partial charge on any atom is 0.248 e. The van der Waals surface area contributed by atoms with Crippen molar-refractivity contribution in [3.8, 4) is 5.75 Å². The quantitative estimate of drug-likeness (QED) is 0.325. The molecule has 0 aliphatic carbocycles. The summed E-state index contributed by atoms with van der Waals surface area (Å²) in [5, 5.41) is 2.49. The fourth-order valence-corrected chi connectivity index (χ4v) is 5.82. The third-order valence-electron chi connectivity index (χ3n) is 5.68. The highest BCUT2D eigenvalue weighted by atomic mass is 32.2. The van der Waals surface area contributed by atoms with Crippen molar-refractivity contribution in [2.24, 2.45) is 0 Å². The first-order valence-corrected chi connectivity index (χ1v) is 13.9. The minimum atomic E-state index is -4.13. The molecule has 4 aromatic rings. The van der Waals surface area contributed by atoms with Crippen LogP contribution < -0.4 is 15.0 Å². The zero-order chi connectivity index (χ0) is 25.7. The van der Waals surface area contributed by atoms with Crippen LogP contribution in [-0.4, -0.2) is 37.4 Å². The van der Waals surface area contributed by atoms with Gasteiger partial charge >= 0.3 is 0 Å². The number of ether oxygens (including phenoxy) is 1. The van der Waals surface area contributed by atoms with E-state index in [4.69, 9.17) is 4.74 Å². The molecule has 0 saturated heterocycles. The van der Waals surface area contributed by atoms with E-state index in [1.54, 1.807) is 35.2 Å². The molecule has 0 unspecified atom stereocenters. The summed E-state index contributed by atoms with van der Waals surface area (Å²) in [6.45, 7) is 4.81. The number of hydrogen-bond donors (Lipinski definition) is 2. The zero-order valence-electron chi connectivity index (χ0n) is 19.9. The van der Waals surface area contributed by atoms with E-state index in [9.17, 15) is 18.0 Å². The molecule has 0 radical (unpaired) electrons. The lowest BCUT2D eigenvalue weighted by Crippen LogP contribution is -2.42. The van der Waals surface area contributed by atoms with E-state index in [1.807, 2.05) is 31.4 Å². The smallest absolute Gasteiger partial charge is 0.248 e. The van der Waals surface area contributed by atoms with Gasteiger partial charge in [0, 0.05) is 28.6 Å². The molecular formula is C26H27N3O5S2. The van der Waals surface area contributed by atoms with Gasteiger partial charge in [-0.3, -0.25) is 9.59 Å². The Hall–Kier alpha value is -3.47. The number of likely N-dealkylation sites (N-methyl/N-ethyl adjacent to an activating group) is 1. The molecule has 1 amide bonds. The number of carbonyl (C=O) groups excluding carboxylic acids is 1. The van der Waals surface area contributed by atoms with Crippen molar-refractivity contribution in [1.82, 2.24) is 14.6 Å². The summed E-state index contributed by atoms with van der Waals surface area (Å²) >= 11 is 1.53. The van der Waals surface area contributed by atoms with Crippen LogP contribution in [0.25, 0.3) is 10.9 Å². The number of carbonyl (C=O) groups is 1. The standard InChI is InChI=1S/C26H27N3O5S2/c1-3-29(17-19-8-7-15-35-19)26(31)25(21-9-5-6-10-23(21)34-4-2)28-36(32,33)20-12-13-22-18(16-20)11-14-24(30)27-22/h5-16,25,28H,3-4,17H2,1-2H3,(H,27,30)/t25-/m0/s1. The Kier molecular flexibility index (Phi) is 7.88. The van der Waals surface area contributed by atoms with Crippen LogP contribution in [0.15, 0.2) is 81.8 Å². The highest BCUT2D eigenvalue weighted by Crippen LogP contribution is 2.29. The second-order valence-electron chi connectivity index (χ2n) is 8.03. The van der Waals surface area contributed by atoms with Crippen LogP contribution in [-0.2, 0) is 21.4 Å². The summed E-state index contributed by atoms with van der Waals surface area (Å²) in [5.41, 5.74) is 0.673. The minimum absolute atomic E-state index is 0.0185. The molecule has 2 heterocycles. The van der Waals surface area contributed by atoms with Crippen molar-refractivity contribution in [2.75, 3.05) is 13.2 Å². The summed E-state index contributed by atoms with van der Waals surface area (Å²) in [5.74, 6) is 0.0519. The molecule has 0 fully saturated rings. The second-order valence-corrected chi connectivity index (χ2v) is 10.8. The fourth-order valence-electron chi connectivity index (χ4n) is 3.89. The van der Waals surface area contributed by atoms with Crippen LogP contribution >= 0.6 is 11.3 Å². The molecule has 2 aromatic heterocycles. The molecule has 0 saturated carbocycles. The fraction of sp³-hybridized carbons (Fsp3) is 0.231. The third kappa shape index (κ3) is 5.67. The van der Waals surface area contributed by atoms with Crippen molar-refractivity contribution in [3.05, 3.63) is 92.9 Å². The minimum Gasteiger partial charge on any atom is -0.494 e. The van der Waals surface area contributed by atoms with E-state index in [0.717, 1.165) is 4.88 Å². The Morgan fingerprint density at radius 2 is 1.89 bits per heavy atom. The Balaban J connectivity index is 1.74. The number of fused-ring (bicyclic) bond motifs is 1. The summed E-state index contributed by atoms with van der Waals surface area (Å²) in [4.78, 5) is 30.7. The van der Waals surface area contributed by atoms with Gasteiger partial charge in [0.1, 0.15) is 11.8 Å². The predicted molar refractivity (Wildman–Crippen MR) is 141 cm³/mol. The molecule has 188 valence electrons. The molecule has 0 aliphatic rings. The van der Waals surface area contributed by atoms with E-state index in [-0.39, 0.29) is 16.4 Å². The van der Waals surface area contributed by atoms with E-state index in [1.165, 1.54) is 35.6 Å². The van der Waals surface area contributed by atoms with Crippen molar-refractivity contribution in [1.29, 1.82) is 0 Å². The number of aromatic amines is 1. The van der Waals surface area contributed by atoms with Crippen LogP contribution in [0.4, 0.5) is 0 Å². The molecular weight excluding hydrogens is 498 g/mol. The number of amides is 1. The maximum absolute atomic E-state index is 13.8. The number of hydrogen-bond acceptors (Lipinski definition) is 6. The highest BCUT2D eigenvalue weighted by Gasteiger charge is 2.32. The molecule has 4 rings (SSSR count). The normalized spacial score (nSPS) is 12.4. The number of thiophene rings is 1. The van der Waals surface area contributed by atoms with Crippen molar-refractivity contribution in [3.63, 3.8) is 0 Å². The van der Waals surface area contributed by atoms with Crippen LogP contribution in [0.1, 0.15) is 30.3 Å². The molecule has 8 nitrogen and oxygen atoms in total. The number of H-pyrrole nitrogens is 1. The van der Waals surface area contributed by atoms with Crippen LogP contribution in [0.5, 0.6) is 5.75 Å². The number of benzene rings is 2. The predicted octanol–water partition coefficient (Wildman–Crippen LogP) is 4.06. The van der Waals surface area contributed by atoms with Gasteiger partial charge in [-0.1, -0.05) is 24.3 Å². The van der Waals surface area contributed by atoms with Crippen LogP contribution in [0, 0.1) is 0 Å². The summed E-state index contributed by atoms with van der Waals surface area (Å²) in [6, 6.07) is 16.9. The Bertz CT molecular complexity index is 1510. The third-order valence-corrected chi connectivity index (χ3v) is 7.96. The molecule has 0 aliphatic heterocycles. The van der Waals surface area contributed by atoms with Crippen molar-refractivity contribution < 1.29 is 17.9 Å². The Morgan fingerprint density at radius 3 is 2.61 bits per heavy atom. The molecule has 2 aromatic carbocycles. The van der Waals surface area contributed by atoms with E-state index < -0.39 is 16.1 Å². The topological polar surface area (TPSA) is 109 Å². The van der Waals surface area contributed by atoms with Gasteiger partial charge in [0.2, 0.25) is 21.5 Å². The number of nitrogens with one attached hydrogen (secondary N) is 2. The van der Waals surface area contributed by atoms with E-state index in [2.05, 4.69) is 9.71 Å². The lowest BCUT2D eigenvalue weighted by atomic mass is 10.0. The molecule has 0 bridgehead atoms. The highest BCUT2D eigenvalue weighted by molar-refractivity contribution is 7.89. The first-order valence-electron chi connectivity index (χ1n) is 11.5. The monoisotopic (exact) mass is 525 g/mol. The van der Waals surface area contributed by atoms with E-state index in [0.29, 0.717) is 41.9 Å². The van der Waals surface area contributed by atoms with Gasteiger partial charge in [0.15, 0.2) is 0 Å². The molecule has 36 heavy (non-hydrogen) atoms. The first-order chi connectivity index (χ1) is 17.3. The largest absolute Gasteiger partial charge is 0.494 e. The Labute approximate surface area is 213 Å². The number of aromatic nitrogens is 1. The van der Waals surface area contributed by atoms with Crippen LogP contribution in [0.3, 0.4) is 0 Å². The SMILES string of the molecule is CCOc1ccccc1[C@H](NS(=O)(=O)c1ccc2[nH]c(=O)ccc2c1)C(=O)N(CC)Cc1cccs1. The molecule has 10 heteroatoms. The molecule has 2 N–H and O–H groups in total. The zero-order valence-corrected chi connectivity index (χ0v) is 21.6. The number of para-hydroxylation sites is 1. The summed E-state index contributed by atoms with van der Waals surface area (Å²) in [6.07, 6.45) is 0. The second kappa shape index (κ2) is 11.1.